The van der Waals surface area contributed by atoms with E-state index >= 15 is 0 Å². The van der Waals surface area contributed by atoms with Crippen molar-refractivity contribution in [3.8, 4) is 5.75 Å². The fourth-order valence-electron chi connectivity index (χ4n) is 2.34. The molecule has 0 amide bonds. The first-order chi connectivity index (χ1) is 10.6. The summed E-state index contributed by atoms with van der Waals surface area (Å²) >= 11 is 6.17. The average molecular weight is 317 g/mol. The number of carboxylic acid groups (broad SMARTS) is 1. The van der Waals surface area contributed by atoms with Crippen molar-refractivity contribution in [3.05, 3.63) is 64.4 Å². The molecule has 112 valence electrons. The Morgan fingerprint density at radius 3 is 2.68 bits per heavy atom. The van der Waals surface area contributed by atoms with Gasteiger partial charge in [-0.1, -0.05) is 41.9 Å². The van der Waals surface area contributed by atoms with E-state index in [1.165, 1.54) is 0 Å². The van der Waals surface area contributed by atoms with Crippen LogP contribution in [0.4, 0.5) is 0 Å². The average Bonchev–Trinajstić information content (AvgIpc) is 2.83. The third-order valence-electron chi connectivity index (χ3n) is 3.36. The minimum Gasteiger partial charge on any atom is -0.489 e. The van der Waals surface area contributed by atoms with Gasteiger partial charge in [0.2, 0.25) is 0 Å². The van der Waals surface area contributed by atoms with E-state index < -0.39 is 5.97 Å². The largest absolute Gasteiger partial charge is 0.489 e. The van der Waals surface area contributed by atoms with Crippen LogP contribution in [0.2, 0.25) is 5.02 Å². The molecule has 4 nitrogen and oxygen atoms in total. The van der Waals surface area contributed by atoms with E-state index in [2.05, 4.69) is 0 Å². The Kier molecular flexibility index (Phi) is 3.77. The summed E-state index contributed by atoms with van der Waals surface area (Å²) in [5, 5.41) is 10.1. The Balaban J connectivity index is 1.97. The van der Waals surface area contributed by atoms with Crippen LogP contribution in [0.3, 0.4) is 0 Å². The summed E-state index contributed by atoms with van der Waals surface area (Å²) in [6.45, 7) is 1.98. The standard InChI is InChI=1S/C17H13ClO4/c1-10-15(17(19)20)13-7-12(8-14(18)16(13)22-10)21-9-11-5-3-2-4-6-11/h2-8H,9H2,1H3,(H,19,20). The highest BCUT2D eigenvalue weighted by Crippen LogP contribution is 2.35. The summed E-state index contributed by atoms with van der Waals surface area (Å²) < 4.78 is 11.1. The molecule has 0 atom stereocenters. The van der Waals surface area contributed by atoms with Crippen LogP contribution in [0, 0.1) is 6.92 Å². The fraction of sp³-hybridized carbons (Fsp3) is 0.118. The molecular formula is C17H13ClO4. The summed E-state index contributed by atoms with van der Waals surface area (Å²) in [6.07, 6.45) is 0. The first kappa shape index (κ1) is 14.5. The van der Waals surface area contributed by atoms with Gasteiger partial charge in [-0.25, -0.2) is 4.79 Å². The van der Waals surface area contributed by atoms with Crippen molar-refractivity contribution in [3.63, 3.8) is 0 Å². The Morgan fingerprint density at radius 2 is 2.00 bits per heavy atom. The molecule has 1 heterocycles. The Bertz CT molecular complexity index is 837. The van der Waals surface area contributed by atoms with Crippen LogP contribution in [0.25, 0.3) is 11.0 Å². The van der Waals surface area contributed by atoms with Gasteiger partial charge in [0.25, 0.3) is 0 Å². The summed E-state index contributed by atoms with van der Waals surface area (Å²) in [5.41, 5.74) is 1.49. The summed E-state index contributed by atoms with van der Waals surface area (Å²) in [5.74, 6) is -0.221. The van der Waals surface area contributed by atoms with Crippen molar-refractivity contribution in [2.75, 3.05) is 0 Å². The molecule has 5 heteroatoms. The number of hydrogen-bond donors (Lipinski definition) is 1. The van der Waals surface area contributed by atoms with Crippen molar-refractivity contribution >= 4 is 28.5 Å². The first-order valence-electron chi connectivity index (χ1n) is 6.69. The SMILES string of the molecule is Cc1oc2c(Cl)cc(OCc3ccccc3)cc2c1C(=O)O. The zero-order valence-electron chi connectivity index (χ0n) is 11.8. The molecule has 1 N–H and O–H groups in total. The minimum absolute atomic E-state index is 0.113. The molecule has 0 radical (unpaired) electrons. The molecule has 3 aromatic rings. The highest BCUT2D eigenvalue weighted by molar-refractivity contribution is 6.35. The van der Waals surface area contributed by atoms with E-state index in [0.29, 0.717) is 34.1 Å². The molecule has 0 aliphatic rings. The molecule has 0 saturated carbocycles. The highest BCUT2D eigenvalue weighted by Gasteiger charge is 2.20. The number of halogens is 1. The highest BCUT2D eigenvalue weighted by atomic mass is 35.5. The lowest BCUT2D eigenvalue weighted by Gasteiger charge is -2.07. The van der Waals surface area contributed by atoms with Crippen molar-refractivity contribution in [1.29, 1.82) is 0 Å². The molecule has 0 aliphatic carbocycles. The van der Waals surface area contributed by atoms with E-state index in [-0.39, 0.29) is 5.56 Å². The normalized spacial score (nSPS) is 10.8. The second kappa shape index (κ2) is 5.73. The van der Waals surface area contributed by atoms with Gasteiger partial charge in [-0.05, 0) is 18.6 Å². The van der Waals surface area contributed by atoms with Crippen molar-refractivity contribution in [1.82, 2.24) is 0 Å². The van der Waals surface area contributed by atoms with E-state index in [9.17, 15) is 9.90 Å². The lowest BCUT2D eigenvalue weighted by atomic mass is 10.1. The second-order valence-corrected chi connectivity index (χ2v) is 5.30. The predicted octanol–water partition coefficient (Wildman–Crippen LogP) is 4.67. The van der Waals surface area contributed by atoms with Crippen LogP contribution in [0.1, 0.15) is 21.7 Å². The number of carbonyl (C=O) groups is 1. The first-order valence-corrected chi connectivity index (χ1v) is 7.06. The van der Waals surface area contributed by atoms with Gasteiger partial charge in [-0.2, -0.15) is 0 Å². The maximum atomic E-state index is 11.4. The third kappa shape index (κ3) is 2.65. The van der Waals surface area contributed by atoms with Crippen LogP contribution in [0.5, 0.6) is 5.75 Å². The number of ether oxygens (including phenoxy) is 1. The molecule has 0 spiro atoms. The van der Waals surface area contributed by atoms with Crippen LogP contribution in [0.15, 0.2) is 46.9 Å². The van der Waals surface area contributed by atoms with E-state index in [0.717, 1.165) is 5.56 Å². The second-order valence-electron chi connectivity index (χ2n) is 4.89. The molecule has 2 aromatic carbocycles. The number of carboxylic acids is 1. The zero-order chi connectivity index (χ0) is 15.7. The summed E-state index contributed by atoms with van der Waals surface area (Å²) in [4.78, 5) is 11.4. The minimum atomic E-state index is -1.05. The van der Waals surface area contributed by atoms with Crippen LogP contribution in [-0.4, -0.2) is 11.1 Å². The molecule has 22 heavy (non-hydrogen) atoms. The fourth-order valence-corrected chi connectivity index (χ4v) is 2.59. The zero-order valence-corrected chi connectivity index (χ0v) is 12.6. The van der Waals surface area contributed by atoms with Crippen LogP contribution in [-0.2, 0) is 6.61 Å². The van der Waals surface area contributed by atoms with Crippen molar-refractivity contribution in [2.45, 2.75) is 13.5 Å². The molecule has 0 fully saturated rings. The molecule has 0 bridgehead atoms. The smallest absolute Gasteiger partial charge is 0.339 e. The van der Waals surface area contributed by atoms with Gasteiger partial charge in [0, 0.05) is 11.5 Å². The molecule has 0 unspecified atom stereocenters. The van der Waals surface area contributed by atoms with E-state index in [1.54, 1.807) is 19.1 Å². The quantitative estimate of drug-likeness (QED) is 0.759. The molecule has 0 saturated heterocycles. The number of furan rings is 1. The molecule has 3 rings (SSSR count). The number of hydrogen-bond acceptors (Lipinski definition) is 3. The monoisotopic (exact) mass is 316 g/mol. The number of aryl methyl sites for hydroxylation is 1. The number of aromatic carboxylic acids is 1. The van der Waals surface area contributed by atoms with Crippen molar-refractivity contribution < 1.29 is 19.1 Å². The van der Waals surface area contributed by atoms with Gasteiger partial charge < -0.3 is 14.3 Å². The maximum absolute atomic E-state index is 11.4. The number of rotatable bonds is 4. The molecular weight excluding hydrogens is 304 g/mol. The maximum Gasteiger partial charge on any atom is 0.339 e. The topological polar surface area (TPSA) is 59.7 Å². The Hall–Kier alpha value is -2.46. The van der Waals surface area contributed by atoms with Gasteiger partial charge >= 0.3 is 5.97 Å². The predicted molar refractivity (Wildman–Crippen MR) is 83.7 cm³/mol. The van der Waals surface area contributed by atoms with Gasteiger partial charge in [0.1, 0.15) is 23.7 Å². The molecule has 1 aromatic heterocycles. The van der Waals surface area contributed by atoms with Crippen molar-refractivity contribution in [2.24, 2.45) is 0 Å². The third-order valence-corrected chi connectivity index (χ3v) is 3.64. The van der Waals surface area contributed by atoms with E-state index in [1.807, 2.05) is 30.3 Å². The van der Waals surface area contributed by atoms with Gasteiger partial charge in [0.15, 0.2) is 5.58 Å². The lowest BCUT2D eigenvalue weighted by molar-refractivity contribution is 0.0697. The number of benzene rings is 2. The van der Waals surface area contributed by atoms with Gasteiger partial charge in [-0.3, -0.25) is 0 Å². The van der Waals surface area contributed by atoms with Crippen LogP contribution >= 0.6 is 11.6 Å². The van der Waals surface area contributed by atoms with Gasteiger partial charge in [-0.15, -0.1) is 0 Å². The Labute approximate surface area is 131 Å². The summed E-state index contributed by atoms with van der Waals surface area (Å²) in [7, 11) is 0. The van der Waals surface area contributed by atoms with Crippen LogP contribution < -0.4 is 4.74 Å². The number of fused-ring (bicyclic) bond motifs is 1. The lowest BCUT2D eigenvalue weighted by Crippen LogP contribution is -1.98. The van der Waals surface area contributed by atoms with E-state index in [4.69, 9.17) is 20.8 Å². The summed E-state index contributed by atoms with van der Waals surface area (Å²) in [6, 6.07) is 13.0. The molecule has 0 aliphatic heterocycles. The van der Waals surface area contributed by atoms with Gasteiger partial charge in [0.05, 0.1) is 5.02 Å². The Morgan fingerprint density at radius 1 is 1.27 bits per heavy atom.